The van der Waals surface area contributed by atoms with Crippen molar-refractivity contribution in [1.29, 1.82) is 0 Å². The summed E-state index contributed by atoms with van der Waals surface area (Å²) in [4.78, 5) is 13.0. The van der Waals surface area contributed by atoms with Gasteiger partial charge in [-0.2, -0.15) is 0 Å². The highest BCUT2D eigenvalue weighted by molar-refractivity contribution is 8.01. The van der Waals surface area contributed by atoms with E-state index in [1.807, 2.05) is 0 Å². The number of hydrogen-bond donors (Lipinski definition) is 0. The molecular formula is C9H12NO2S. The van der Waals surface area contributed by atoms with E-state index in [2.05, 4.69) is 16.2 Å². The van der Waals surface area contributed by atoms with Crippen molar-refractivity contribution in [2.45, 2.75) is 11.7 Å². The molecule has 2 heterocycles. The van der Waals surface area contributed by atoms with Gasteiger partial charge in [-0.05, 0) is 6.42 Å². The van der Waals surface area contributed by atoms with Crippen molar-refractivity contribution in [2.24, 2.45) is 5.92 Å². The number of carbonyl (C=O) groups is 1. The van der Waals surface area contributed by atoms with Gasteiger partial charge in [-0.1, -0.05) is 6.08 Å². The summed E-state index contributed by atoms with van der Waals surface area (Å²) in [5.41, 5.74) is 0. The zero-order valence-electron chi connectivity index (χ0n) is 7.53. The molecule has 2 unspecified atom stereocenters. The fourth-order valence-corrected chi connectivity index (χ4v) is 2.77. The minimum atomic E-state index is -0.205. The van der Waals surface area contributed by atoms with Crippen LogP contribution in [0.5, 0.6) is 0 Å². The van der Waals surface area contributed by atoms with Gasteiger partial charge in [0.1, 0.15) is 0 Å². The number of thioether (sulfide) groups is 1. The summed E-state index contributed by atoms with van der Waals surface area (Å²) < 4.78 is 4.68. The fourth-order valence-electron chi connectivity index (χ4n) is 1.78. The van der Waals surface area contributed by atoms with E-state index in [9.17, 15) is 4.79 Å². The lowest BCUT2D eigenvalue weighted by Gasteiger charge is -2.32. The van der Waals surface area contributed by atoms with Crippen molar-refractivity contribution < 1.29 is 9.53 Å². The van der Waals surface area contributed by atoms with Crippen LogP contribution in [0, 0.1) is 11.3 Å². The summed E-state index contributed by atoms with van der Waals surface area (Å²) in [6.07, 6.45) is 2.92. The summed E-state index contributed by atoms with van der Waals surface area (Å²) in [5, 5.41) is 3.79. The first-order chi connectivity index (χ1) is 6.31. The average molecular weight is 198 g/mol. The molecule has 0 saturated carbocycles. The second kappa shape index (κ2) is 3.62. The quantitative estimate of drug-likeness (QED) is 0.591. The van der Waals surface area contributed by atoms with Crippen LogP contribution < -0.4 is 0 Å². The lowest BCUT2D eigenvalue weighted by molar-refractivity contribution is 0.109. The van der Waals surface area contributed by atoms with E-state index in [1.54, 1.807) is 16.7 Å². The lowest BCUT2D eigenvalue weighted by Crippen LogP contribution is -2.43. The smallest absolute Gasteiger partial charge is 0.409 e. The van der Waals surface area contributed by atoms with Gasteiger partial charge in [-0.3, -0.25) is 0 Å². The maximum Gasteiger partial charge on any atom is 0.409 e. The van der Waals surface area contributed by atoms with Crippen LogP contribution in [0.4, 0.5) is 4.79 Å². The van der Waals surface area contributed by atoms with Gasteiger partial charge in [-0.25, -0.2) is 4.79 Å². The molecule has 1 radical (unpaired) electrons. The minimum absolute atomic E-state index is 0.205. The molecule has 2 aliphatic rings. The molecule has 1 fully saturated rings. The van der Waals surface area contributed by atoms with E-state index in [4.69, 9.17) is 0 Å². The molecule has 0 spiro atoms. The number of methoxy groups -OCH3 is 1. The summed E-state index contributed by atoms with van der Waals surface area (Å²) in [5.74, 6) is 0.484. The molecule has 0 bridgehead atoms. The second-order valence-electron chi connectivity index (χ2n) is 3.31. The highest BCUT2D eigenvalue weighted by atomic mass is 32.2. The molecule has 0 aromatic carbocycles. The molecular weight excluding hydrogens is 186 g/mol. The monoisotopic (exact) mass is 198 g/mol. The van der Waals surface area contributed by atoms with Crippen LogP contribution in [-0.4, -0.2) is 36.4 Å². The standard InChI is InChI=1S/C9H12NO2S/c1-12-9(11)10-4-2-8-7(6-10)3-5-13-8/h3,7-8H,2,4,6H2,1H3. The van der Waals surface area contributed by atoms with Crippen molar-refractivity contribution in [1.82, 2.24) is 4.90 Å². The van der Waals surface area contributed by atoms with Crippen LogP contribution in [0.25, 0.3) is 0 Å². The Morgan fingerprint density at radius 2 is 2.62 bits per heavy atom. The summed E-state index contributed by atoms with van der Waals surface area (Å²) >= 11 is 1.76. The third kappa shape index (κ3) is 1.68. The van der Waals surface area contributed by atoms with E-state index >= 15 is 0 Å². The molecule has 71 valence electrons. The summed E-state index contributed by atoms with van der Waals surface area (Å²) in [6, 6.07) is 0. The molecule has 0 aromatic heterocycles. The fraction of sp³-hybridized carbons (Fsp3) is 0.667. The maximum atomic E-state index is 11.2. The average Bonchev–Trinajstić information content (AvgIpc) is 2.63. The largest absolute Gasteiger partial charge is 0.453 e. The zero-order chi connectivity index (χ0) is 9.26. The molecule has 3 nitrogen and oxygen atoms in total. The zero-order valence-corrected chi connectivity index (χ0v) is 8.34. The second-order valence-corrected chi connectivity index (χ2v) is 4.39. The van der Waals surface area contributed by atoms with Crippen LogP contribution >= 0.6 is 11.8 Å². The van der Waals surface area contributed by atoms with Crippen LogP contribution in [0.1, 0.15) is 6.42 Å². The van der Waals surface area contributed by atoms with Gasteiger partial charge in [0.25, 0.3) is 0 Å². The van der Waals surface area contributed by atoms with Gasteiger partial charge in [-0.15, -0.1) is 11.8 Å². The van der Waals surface area contributed by atoms with Crippen molar-refractivity contribution in [2.75, 3.05) is 20.2 Å². The van der Waals surface area contributed by atoms with Gasteiger partial charge >= 0.3 is 6.09 Å². The highest BCUT2D eigenvalue weighted by Gasteiger charge is 2.32. The molecule has 1 saturated heterocycles. The van der Waals surface area contributed by atoms with Crippen molar-refractivity contribution >= 4 is 17.9 Å². The third-order valence-corrected chi connectivity index (χ3v) is 3.69. The maximum absolute atomic E-state index is 11.2. The summed E-state index contributed by atoms with van der Waals surface area (Å²) in [7, 11) is 1.43. The molecule has 0 N–H and O–H groups in total. The van der Waals surface area contributed by atoms with Crippen LogP contribution in [0.2, 0.25) is 0 Å². The lowest BCUT2D eigenvalue weighted by atomic mass is 9.98. The predicted molar refractivity (Wildman–Crippen MR) is 51.3 cm³/mol. The van der Waals surface area contributed by atoms with E-state index in [0.717, 1.165) is 19.5 Å². The Morgan fingerprint density at radius 1 is 1.77 bits per heavy atom. The Balaban J connectivity index is 1.96. The van der Waals surface area contributed by atoms with Crippen molar-refractivity contribution in [3.63, 3.8) is 0 Å². The van der Waals surface area contributed by atoms with E-state index in [0.29, 0.717) is 11.2 Å². The third-order valence-electron chi connectivity index (χ3n) is 2.53. The SMILES string of the molecule is COC(=O)N1CCC2S[C]=CC2C1. The first-order valence-corrected chi connectivity index (χ1v) is 5.26. The molecule has 1 amide bonds. The first kappa shape index (κ1) is 8.94. The first-order valence-electron chi connectivity index (χ1n) is 4.38. The molecule has 2 aliphatic heterocycles. The number of piperidine rings is 1. The van der Waals surface area contributed by atoms with Gasteiger partial charge in [0.15, 0.2) is 0 Å². The highest BCUT2D eigenvalue weighted by Crippen LogP contribution is 2.35. The van der Waals surface area contributed by atoms with Crippen molar-refractivity contribution in [3.8, 4) is 0 Å². The number of carbonyl (C=O) groups excluding carboxylic acids is 1. The van der Waals surface area contributed by atoms with Crippen LogP contribution in [-0.2, 0) is 4.74 Å². The van der Waals surface area contributed by atoms with Gasteiger partial charge in [0.05, 0.1) is 7.11 Å². The predicted octanol–water partition coefficient (Wildman–Crippen LogP) is 1.51. The molecule has 4 heteroatoms. The van der Waals surface area contributed by atoms with Crippen LogP contribution in [0.3, 0.4) is 0 Å². The number of amides is 1. The number of ether oxygens (including phenoxy) is 1. The Kier molecular flexibility index (Phi) is 2.49. The Hall–Kier alpha value is -0.640. The topological polar surface area (TPSA) is 29.5 Å². The number of hydrogen-bond acceptors (Lipinski definition) is 3. The van der Waals surface area contributed by atoms with Crippen LogP contribution in [0.15, 0.2) is 6.08 Å². The van der Waals surface area contributed by atoms with Gasteiger partial charge in [0, 0.05) is 29.7 Å². The molecule has 0 aromatic rings. The van der Waals surface area contributed by atoms with Gasteiger partial charge in [0.2, 0.25) is 0 Å². The van der Waals surface area contributed by atoms with E-state index < -0.39 is 0 Å². The van der Waals surface area contributed by atoms with Crippen molar-refractivity contribution in [3.05, 3.63) is 11.5 Å². The van der Waals surface area contributed by atoms with E-state index in [1.165, 1.54) is 7.11 Å². The molecule has 2 atom stereocenters. The number of fused-ring (bicyclic) bond motifs is 1. The Bertz CT molecular complexity index is 242. The number of rotatable bonds is 0. The minimum Gasteiger partial charge on any atom is -0.453 e. The normalized spacial score (nSPS) is 31.6. The molecule has 2 rings (SSSR count). The summed E-state index contributed by atoms with van der Waals surface area (Å²) in [6.45, 7) is 1.60. The number of likely N-dealkylation sites (tertiary alicyclic amines) is 1. The number of nitrogens with zero attached hydrogens (tertiary/aromatic N) is 1. The van der Waals surface area contributed by atoms with E-state index in [-0.39, 0.29) is 6.09 Å². The Morgan fingerprint density at radius 3 is 3.38 bits per heavy atom. The van der Waals surface area contributed by atoms with Gasteiger partial charge < -0.3 is 9.64 Å². The molecule has 0 aliphatic carbocycles. The Labute approximate surface area is 82.1 Å². The molecule has 13 heavy (non-hydrogen) atoms.